The summed E-state index contributed by atoms with van der Waals surface area (Å²) in [6, 6.07) is 0. The topological polar surface area (TPSA) is 25.8 Å². The van der Waals surface area contributed by atoms with Crippen molar-refractivity contribution in [1.29, 1.82) is 0 Å². The van der Waals surface area contributed by atoms with E-state index in [0.717, 1.165) is 25.1 Å². The minimum atomic E-state index is 0.682. The predicted molar refractivity (Wildman–Crippen MR) is 53.1 cm³/mol. The molecule has 0 saturated carbocycles. The second-order valence-electron chi connectivity index (χ2n) is 3.42. The van der Waals surface area contributed by atoms with Crippen molar-refractivity contribution in [2.75, 3.05) is 0 Å². The van der Waals surface area contributed by atoms with Gasteiger partial charge in [0.1, 0.15) is 11.0 Å². The SMILES string of the molecule is CCc1nc(Cl)c2c(n1)CCCC2. The normalized spacial score (nSPS) is 15.5. The van der Waals surface area contributed by atoms with Gasteiger partial charge in [0, 0.05) is 17.7 Å². The zero-order valence-corrected chi connectivity index (χ0v) is 8.56. The maximum Gasteiger partial charge on any atom is 0.136 e. The lowest BCUT2D eigenvalue weighted by Crippen LogP contribution is -2.09. The van der Waals surface area contributed by atoms with Crippen molar-refractivity contribution in [2.24, 2.45) is 0 Å². The lowest BCUT2D eigenvalue weighted by atomic mass is 9.97. The van der Waals surface area contributed by atoms with Crippen LogP contribution in [0.1, 0.15) is 36.8 Å². The van der Waals surface area contributed by atoms with E-state index in [2.05, 4.69) is 16.9 Å². The van der Waals surface area contributed by atoms with Gasteiger partial charge in [-0.05, 0) is 25.7 Å². The van der Waals surface area contributed by atoms with Crippen LogP contribution in [-0.4, -0.2) is 9.97 Å². The van der Waals surface area contributed by atoms with E-state index < -0.39 is 0 Å². The third-order valence-corrected chi connectivity index (χ3v) is 2.81. The van der Waals surface area contributed by atoms with Gasteiger partial charge in [0.25, 0.3) is 0 Å². The van der Waals surface area contributed by atoms with Gasteiger partial charge in [-0.25, -0.2) is 9.97 Å². The smallest absolute Gasteiger partial charge is 0.136 e. The molecule has 0 spiro atoms. The largest absolute Gasteiger partial charge is 0.238 e. The average molecular weight is 197 g/mol. The van der Waals surface area contributed by atoms with Crippen LogP contribution in [0.2, 0.25) is 5.15 Å². The molecule has 0 N–H and O–H groups in total. The summed E-state index contributed by atoms with van der Waals surface area (Å²) in [5, 5.41) is 0.682. The molecule has 0 amide bonds. The lowest BCUT2D eigenvalue weighted by molar-refractivity contribution is 0.655. The summed E-state index contributed by atoms with van der Waals surface area (Å²) in [6.07, 6.45) is 5.46. The van der Waals surface area contributed by atoms with Crippen molar-refractivity contribution in [1.82, 2.24) is 9.97 Å². The predicted octanol–water partition coefficient (Wildman–Crippen LogP) is 2.57. The molecule has 70 valence electrons. The molecular weight excluding hydrogens is 184 g/mol. The molecule has 1 heterocycles. The zero-order chi connectivity index (χ0) is 9.26. The van der Waals surface area contributed by atoms with Crippen molar-refractivity contribution in [3.63, 3.8) is 0 Å². The number of hydrogen-bond acceptors (Lipinski definition) is 2. The summed E-state index contributed by atoms with van der Waals surface area (Å²) < 4.78 is 0. The second kappa shape index (κ2) is 3.62. The van der Waals surface area contributed by atoms with E-state index in [-0.39, 0.29) is 0 Å². The van der Waals surface area contributed by atoms with Gasteiger partial charge in [-0.3, -0.25) is 0 Å². The molecule has 2 rings (SSSR count). The van der Waals surface area contributed by atoms with Gasteiger partial charge in [-0.2, -0.15) is 0 Å². The first-order valence-corrected chi connectivity index (χ1v) is 5.23. The fourth-order valence-corrected chi connectivity index (χ4v) is 2.06. The van der Waals surface area contributed by atoms with E-state index in [1.807, 2.05) is 0 Å². The number of rotatable bonds is 1. The molecule has 0 atom stereocenters. The molecule has 2 nitrogen and oxygen atoms in total. The van der Waals surface area contributed by atoms with Crippen LogP contribution in [0.4, 0.5) is 0 Å². The molecule has 0 aliphatic heterocycles. The van der Waals surface area contributed by atoms with Crippen molar-refractivity contribution >= 4 is 11.6 Å². The van der Waals surface area contributed by atoms with Crippen molar-refractivity contribution < 1.29 is 0 Å². The van der Waals surface area contributed by atoms with Gasteiger partial charge >= 0.3 is 0 Å². The van der Waals surface area contributed by atoms with Crippen LogP contribution in [0.5, 0.6) is 0 Å². The maximum absolute atomic E-state index is 6.07. The Bertz CT molecular complexity index is 323. The highest BCUT2D eigenvalue weighted by atomic mass is 35.5. The van der Waals surface area contributed by atoms with Gasteiger partial charge in [-0.15, -0.1) is 0 Å². The van der Waals surface area contributed by atoms with Crippen molar-refractivity contribution in [3.8, 4) is 0 Å². The van der Waals surface area contributed by atoms with Crippen LogP contribution >= 0.6 is 11.6 Å². The Hall–Kier alpha value is -0.630. The monoisotopic (exact) mass is 196 g/mol. The van der Waals surface area contributed by atoms with E-state index >= 15 is 0 Å². The van der Waals surface area contributed by atoms with Crippen LogP contribution in [0, 0.1) is 0 Å². The fourth-order valence-electron chi connectivity index (χ4n) is 1.75. The van der Waals surface area contributed by atoms with Crippen LogP contribution in [0.15, 0.2) is 0 Å². The van der Waals surface area contributed by atoms with E-state index in [4.69, 9.17) is 11.6 Å². The maximum atomic E-state index is 6.07. The zero-order valence-electron chi connectivity index (χ0n) is 7.81. The van der Waals surface area contributed by atoms with Crippen molar-refractivity contribution in [2.45, 2.75) is 39.0 Å². The highest BCUT2D eigenvalue weighted by molar-refractivity contribution is 6.30. The highest BCUT2D eigenvalue weighted by Crippen LogP contribution is 2.25. The Morgan fingerprint density at radius 1 is 1.23 bits per heavy atom. The minimum absolute atomic E-state index is 0.682. The van der Waals surface area contributed by atoms with E-state index in [1.165, 1.54) is 24.1 Å². The molecule has 1 aromatic rings. The number of halogens is 1. The Kier molecular flexibility index (Phi) is 2.49. The first kappa shape index (κ1) is 8.95. The molecule has 3 heteroatoms. The molecule has 0 aromatic carbocycles. The standard InChI is InChI=1S/C10H13ClN2/c1-2-9-12-8-6-4-3-5-7(8)10(11)13-9/h2-6H2,1H3. The molecule has 13 heavy (non-hydrogen) atoms. The van der Waals surface area contributed by atoms with Crippen LogP contribution in [0.3, 0.4) is 0 Å². The van der Waals surface area contributed by atoms with Gasteiger partial charge in [0.05, 0.1) is 0 Å². The number of hydrogen-bond donors (Lipinski definition) is 0. The van der Waals surface area contributed by atoms with Gasteiger partial charge in [0.2, 0.25) is 0 Å². The van der Waals surface area contributed by atoms with Gasteiger partial charge < -0.3 is 0 Å². The van der Waals surface area contributed by atoms with E-state index in [9.17, 15) is 0 Å². The van der Waals surface area contributed by atoms with Crippen LogP contribution < -0.4 is 0 Å². The third kappa shape index (κ3) is 1.68. The summed E-state index contributed by atoms with van der Waals surface area (Å²) in [5.41, 5.74) is 2.37. The van der Waals surface area contributed by atoms with E-state index in [1.54, 1.807) is 0 Å². The Morgan fingerprint density at radius 3 is 2.77 bits per heavy atom. The van der Waals surface area contributed by atoms with Crippen molar-refractivity contribution in [3.05, 3.63) is 22.2 Å². The first-order chi connectivity index (χ1) is 6.31. The first-order valence-electron chi connectivity index (χ1n) is 4.85. The number of fused-ring (bicyclic) bond motifs is 1. The third-order valence-electron chi connectivity index (χ3n) is 2.50. The molecule has 1 aromatic heterocycles. The average Bonchev–Trinajstić information content (AvgIpc) is 2.18. The molecule has 0 saturated heterocycles. The number of aromatic nitrogens is 2. The van der Waals surface area contributed by atoms with Gasteiger partial charge in [0.15, 0.2) is 0 Å². The quantitative estimate of drug-likeness (QED) is 0.646. The highest BCUT2D eigenvalue weighted by Gasteiger charge is 2.15. The summed E-state index contributed by atoms with van der Waals surface area (Å²) in [4.78, 5) is 8.76. The molecular formula is C10H13ClN2. The van der Waals surface area contributed by atoms with Gasteiger partial charge in [-0.1, -0.05) is 18.5 Å². The number of nitrogens with zero attached hydrogens (tertiary/aromatic N) is 2. The van der Waals surface area contributed by atoms with E-state index in [0.29, 0.717) is 5.15 Å². The second-order valence-corrected chi connectivity index (χ2v) is 3.77. The Balaban J connectivity index is 2.47. The fraction of sp³-hybridized carbons (Fsp3) is 0.600. The molecule has 0 radical (unpaired) electrons. The molecule has 0 unspecified atom stereocenters. The lowest BCUT2D eigenvalue weighted by Gasteiger charge is -2.15. The summed E-state index contributed by atoms with van der Waals surface area (Å²) in [5.74, 6) is 0.880. The summed E-state index contributed by atoms with van der Waals surface area (Å²) in [7, 11) is 0. The Morgan fingerprint density at radius 2 is 2.00 bits per heavy atom. The molecule has 1 aliphatic rings. The summed E-state index contributed by atoms with van der Waals surface area (Å²) >= 11 is 6.07. The molecule has 0 bridgehead atoms. The number of aryl methyl sites for hydroxylation is 2. The minimum Gasteiger partial charge on any atom is -0.238 e. The molecule has 0 fully saturated rings. The van der Waals surface area contributed by atoms with Crippen LogP contribution in [-0.2, 0) is 19.3 Å². The van der Waals surface area contributed by atoms with Crippen LogP contribution in [0.25, 0.3) is 0 Å². The summed E-state index contributed by atoms with van der Waals surface area (Å²) in [6.45, 7) is 2.06. The molecule has 1 aliphatic carbocycles. The Labute approximate surface area is 83.4 Å².